The van der Waals surface area contributed by atoms with Crippen LogP contribution in [0.4, 0.5) is 9.52 Å². The van der Waals surface area contributed by atoms with Gasteiger partial charge in [-0.05, 0) is 72.9 Å². The largest absolute Gasteiger partial charge is 0.360 e. The van der Waals surface area contributed by atoms with Gasteiger partial charge in [0.2, 0.25) is 5.91 Å². The molecule has 8 heteroatoms. The number of aromatic nitrogens is 2. The molecule has 2 amide bonds. The molecule has 0 unspecified atom stereocenters. The normalized spacial score (nSPS) is 14.9. The van der Waals surface area contributed by atoms with Gasteiger partial charge in [-0.15, -0.1) is 0 Å². The van der Waals surface area contributed by atoms with Crippen LogP contribution in [0.5, 0.6) is 0 Å². The molecule has 2 aromatic heterocycles. The first-order chi connectivity index (χ1) is 18.9. The summed E-state index contributed by atoms with van der Waals surface area (Å²) in [5, 5.41) is 7.44. The molecule has 6 nitrogen and oxygen atoms in total. The highest BCUT2D eigenvalue weighted by Gasteiger charge is 2.22. The molecule has 198 valence electrons. The van der Waals surface area contributed by atoms with Gasteiger partial charge in [-0.2, -0.15) is 0 Å². The smallest absolute Gasteiger partial charge is 0.253 e. The number of hydrogen-bond donors (Lipinski definition) is 3. The Hall–Kier alpha value is -4.04. The number of rotatable bonds is 6. The maximum absolute atomic E-state index is 13.6. The maximum Gasteiger partial charge on any atom is 0.253 e. The first-order valence-electron chi connectivity index (χ1n) is 13.3. The molecule has 3 aromatic carbocycles. The molecule has 1 fully saturated rings. The molecule has 3 N–H and O–H groups in total. The number of amides is 2. The summed E-state index contributed by atoms with van der Waals surface area (Å²) in [6, 6.07) is 17.9. The van der Waals surface area contributed by atoms with Gasteiger partial charge in [-0.25, -0.2) is 9.37 Å². The van der Waals surface area contributed by atoms with Gasteiger partial charge in [0.1, 0.15) is 5.82 Å². The van der Waals surface area contributed by atoms with Gasteiger partial charge in [0, 0.05) is 23.0 Å². The van der Waals surface area contributed by atoms with E-state index >= 15 is 0 Å². The van der Waals surface area contributed by atoms with E-state index < -0.39 is 0 Å². The van der Waals surface area contributed by atoms with Gasteiger partial charge >= 0.3 is 0 Å². The number of H-pyrrole nitrogens is 1. The zero-order valence-corrected chi connectivity index (χ0v) is 22.4. The van der Waals surface area contributed by atoms with Crippen molar-refractivity contribution >= 4 is 49.4 Å². The number of fused-ring (bicyclic) bond motifs is 2. The van der Waals surface area contributed by atoms with Crippen molar-refractivity contribution < 1.29 is 14.0 Å². The number of aromatic amines is 1. The van der Waals surface area contributed by atoms with E-state index in [1.54, 1.807) is 18.3 Å². The molecule has 0 radical (unpaired) electrons. The molecule has 0 bridgehead atoms. The lowest BCUT2D eigenvalue weighted by Crippen LogP contribution is -2.26. The van der Waals surface area contributed by atoms with E-state index in [2.05, 4.69) is 26.7 Å². The quantitative estimate of drug-likeness (QED) is 0.207. The third-order valence-electron chi connectivity index (χ3n) is 7.55. The van der Waals surface area contributed by atoms with Gasteiger partial charge in [0.15, 0.2) is 5.13 Å². The van der Waals surface area contributed by atoms with Crippen molar-refractivity contribution in [2.75, 3.05) is 5.32 Å². The summed E-state index contributed by atoms with van der Waals surface area (Å²) in [5.74, 6) is -0.407. The van der Waals surface area contributed by atoms with Crippen LogP contribution in [-0.4, -0.2) is 21.8 Å². The summed E-state index contributed by atoms with van der Waals surface area (Å²) in [7, 11) is 0. The molecule has 5 aromatic rings. The van der Waals surface area contributed by atoms with Crippen molar-refractivity contribution in [1.29, 1.82) is 0 Å². The summed E-state index contributed by atoms with van der Waals surface area (Å²) >= 11 is 1.48. The average molecular weight is 541 g/mol. The second-order valence-corrected chi connectivity index (χ2v) is 11.3. The summed E-state index contributed by atoms with van der Waals surface area (Å²) in [6.07, 6.45) is 7.04. The van der Waals surface area contributed by atoms with Crippen LogP contribution in [0.25, 0.3) is 32.2 Å². The highest BCUT2D eigenvalue weighted by atomic mass is 32.1. The number of anilines is 1. The van der Waals surface area contributed by atoms with Gasteiger partial charge < -0.3 is 15.6 Å². The molecular formula is C31H29FN4O2S. The number of nitrogens with one attached hydrogen (secondary N) is 3. The molecule has 39 heavy (non-hydrogen) atoms. The van der Waals surface area contributed by atoms with Gasteiger partial charge in [-0.1, -0.05) is 54.9 Å². The highest BCUT2D eigenvalue weighted by molar-refractivity contribution is 7.22. The fourth-order valence-corrected chi connectivity index (χ4v) is 6.26. The van der Waals surface area contributed by atoms with Crippen LogP contribution in [0.1, 0.15) is 61.0 Å². The van der Waals surface area contributed by atoms with E-state index in [4.69, 9.17) is 0 Å². The van der Waals surface area contributed by atoms with E-state index in [1.807, 2.05) is 37.3 Å². The highest BCUT2D eigenvalue weighted by Crippen LogP contribution is 2.33. The topological polar surface area (TPSA) is 86.9 Å². The van der Waals surface area contributed by atoms with Crippen LogP contribution in [-0.2, 0) is 4.79 Å². The summed E-state index contributed by atoms with van der Waals surface area (Å²) in [5.41, 5.74) is 4.90. The predicted molar refractivity (Wildman–Crippen MR) is 154 cm³/mol. The lowest BCUT2D eigenvalue weighted by molar-refractivity contribution is -0.120. The number of nitrogens with zero attached hydrogens (tertiary/aromatic N) is 1. The van der Waals surface area contributed by atoms with Crippen molar-refractivity contribution in [3.63, 3.8) is 0 Å². The molecule has 2 heterocycles. The van der Waals surface area contributed by atoms with Crippen LogP contribution in [0.3, 0.4) is 0 Å². The zero-order chi connectivity index (χ0) is 26.9. The molecule has 1 atom stereocenters. The molecule has 0 saturated heterocycles. The minimum absolute atomic E-state index is 0.0735. The monoisotopic (exact) mass is 540 g/mol. The van der Waals surface area contributed by atoms with Crippen molar-refractivity contribution in [2.45, 2.75) is 45.1 Å². The van der Waals surface area contributed by atoms with Crippen LogP contribution in [0.15, 0.2) is 66.9 Å². The Balaban J connectivity index is 1.23. The van der Waals surface area contributed by atoms with Gasteiger partial charge in [0.05, 0.1) is 21.8 Å². The Morgan fingerprint density at radius 3 is 2.64 bits per heavy atom. The maximum atomic E-state index is 13.6. The zero-order valence-electron chi connectivity index (χ0n) is 21.6. The molecule has 0 spiro atoms. The van der Waals surface area contributed by atoms with Crippen LogP contribution >= 0.6 is 11.3 Å². The molecule has 1 aliphatic rings. The van der Waals surface area contributed by atoms with Crippen molar-refractivity contribution in [2.24, 2.45) is 5.92 Å². The number of carbonyl (C=O) groups is 2. The molecular weight excluding hydrogens is 511 g/mol. The first-order valence-corrected chi connectivity index (χ1v) is 14.2. The standard InChI is InChI=1S/C31H29FN4O2S/c1-18(20-8-5-9-23(32)14-20)34-30(38)25-17-33-26-12-10-21(15-24(25)26)22-11-13-27-28(16-22)39-31(35-27)36-29(37)19-6-3-2-4-7-19/h5,8-19,33H,2-4,6-7H2,1H3,(H,34,38)(H,35,36,37)/t18-/m0/s1. The third-order valence-corrected chi connectivity index (χ3v) is 8.48. The van der Waals surface area contributed by atoms with Crippen molar-refractivity contribution in [3.05, 3.63) is 83.8 Å². The molecule has 1 saturated carbocycles. The Morgan fingerprint density at radius 1 is 1.03 bits per heavy atom. The van der Waals surface area contributed by atoms with Crippen LogP contribution in [0, 0.1) is 11.7 Å². The third kappa shape index (κ3) is 5.29. The number of halogens is 1. The Bertz CT molecular complexity index is 1680. The second kappa shape index (κ2) is 10.6. The average Bonchev–Trinajstić information content (AvgIpc) is 3.56. The lowest BCUT2D eigenvalue weighted by Gasteiger charge is -2.19. The van der Waals surface area contributed by atoms with Crippen LogP contribution < -0.4 is 10.6 Å². The lowest BCUT2D eigenvalue weighted by atomic mass is 9.89. The fourth-order valence-electron chi connectivity index (χ4n) is 5.35. The van der Waals surface area contributed by atoms with E-state index in [-0.39, 0.29) is 29.6 Å². The number of hydrogen-bond acceptors (Lipinski definition) is 4. The molecule has 6 rings (SSSR count). The minimum atomic E-state index is -0.345. The van der Waals surface area contributed by atoms with Crippen molar-refractivity contribution in [1.82, 2.24) is 15.3 Å². The summed E-state index contributed by atoms with van der Waals surface area (Å²) < 4.78 is 14.6. The summed E-state index contributed by atoms with van der Waals surface area (Å²) in [4.78, 5) is 33.6. The van der Waals surface area contributed by atoms with Gasteiger partial charge in [-0.3, -0.25) is 9.59 Å². The summed E-state index contributed by atoms with van der Waals surface area (Å²) in [6.45, 7) is 1.84. The molecule has 0 aliphatic heterocycles. The fraction of sp³-hybridized carbons (Fsp3) is 0.258. The first kappa shape index (κ1) is 25.2. The van der Waals surface area contributed by atoms with Crippen molar-refractivity contribution in [3.8, 4) is 11.1 Å². The Morgan fingerprint density at radius 2 is 1.82 bits per heavy atom. The predicted octanol–water partition coefficient (Wildman–Crippen LogP) is 7.59. The Labute approximate surface area is 229 Å². The number of carbonyl (C=O) groups excluding carboxylic acids is 2. The minimum Gasteiger partial charge on any atom is -0.360 e. The Kier molecular flexibility index (Phi) is 6.87. The second-order valence-electron chi connectivity index (χ2n) is 10.2. The SMILES string of the molecule is C[C@H](NC(=O)c1c[nH]c2ccc(-c3ccc4nc(NC(=O)C5CCCCC5)sc4c3)cc12)c1cccc(F)c1. The number of thiazole rings is 1. The van der Waals surface area contributed by atoms with E-state index in [0.717, 1.165) is 57.9 Å². The molecule has 1 aliphatic carbocycles. The van der Waals surface area contributed by atoms with Crippen LogP contribution in [0.2, 0.25) is 0 Å². The number of benzene rings is 3. The van der Waals surface area contributed by atoms with Gasteiger partial charge in [0.25, 0.3) is 5.91 Å². The van der Waals surface area contributed by atoms with E-state index in [0.29, 0.717) is 16.3 Å². The van der Waals surface area contributed by atoms with E-state index in [9.17, 15) is 14.0 Å². The van der Waals surface area contributed by atoms with E-state index in [1.165, 1.54) is 29.9 Å².